The van der Waals surface area contributed by atoms with Crippen molar-refractivity contribution >= 4 is 27.3 Å². The van der Waals surface area contributed by atoms with E-state index in [2.05, 4.69) is 6.58 Å². The number of hydrogen-bond donors (Lipinski definition) is 0. The number of pyridine rings is 3. The first-order valence-electron chi connectivity index (χ1n) is 13.9. The highest BCUT2D eigenvalue weighted by molar-refractivity contribution is 7.18. The minimum atomic E-state index is -0.807. The maximum atomic E-state index is 15.9. The molecule has 4 aromatic heterocycles. The second-order valence-electron chi connectivity index (χ2n) is 10.4. The van der Waals surface area contributed by atoms with Crippen LogP contribution < -0.4 is 10.3 Å². The maximum Gasteiger partial charge on any atom is 0.250 e. The summed E-state index contributed by atoms with van der Waals surface area (Å²) in [5, 5.41) is 2.61. The van der Waals surface area contributed by atoms with Gasteiger partial charge in [0.05, 0.1) is 23.6 Å². The Balaban J connectivity index is 1.64. The molecule has 8 nitrogen and oxygen atoms in total. The molecule has 0 N–H and O–H groups in total. The van der Waals surface area contributed by atoms with E-state index in [1.807, 2.05) is 17.5 Å². The first-order valence-corrected chi connectivity index (χ1v) is 14.8. The minimum absolute atomic E-state index is 0.0147. The van der Waals surface area contributed by atoms with Crippen LogP contribution in [0.15, 0.2) is 71.6 Å². The number of aromatic nitrogens is 3. The zero-order chi connectivity index (χ0) is 31.0. The molecule has 1 aliphatic rings. The van der Waals surface area contributed by atoms with Crippen molar-refractivity contribution in [1.82, 2.24) is 19.4 Å². The molecule has 0 saturated heterocycles. The van der Waals surface area contributed by atoms with Crippen molar-refractivity contribution in [2.24, 2.45) is 7.05 Å². The summed E-state index contributed by atoms with van der Waals surface area (Å²) < 4.78 is 43.6. The molecule has 0 spiro atoms. The monoisotopic (exact) mass is 614 g/mol. The lowest BCUT2D eigenvalue weighted by Crippen LogP contribution is -2.35. The molecule has 6 rings (SSSR count). The fourth-order valence-electron chi connectivity index (χ4n) is 5.43. The molecule has 1 amide bonds. The van der Waals surface area contributed by atoms with Crippen molar-refractivity contribution in [1.29, 1.82) is 0 Å². The number of carbonyl (C=O) groups is 1. The molecule has 1 aromatic carbocycles. The molecule has 0 saturated carbocycles. The average Bonchev–Trinajstić information content (AvgIpc) is 3.51. The van der Waals surface area contributed by atoms with E-state index in [1.54, 1.807) is 30.4 Å². The van der Waals surface area contributed by atoms with E-state index in [4.69, 9.17) is 19.4 Å². The third-order valence-electron chi connectivity index (χ3n) is 7.58. The Morgan fingerprint density at radius 3 is 2.73 bits per heavy atom. The summed E-state index contributed by atoms with van der Waals surface area (Å²) in [7, 11) is 3.17. The predicted octanol–water partition coefficient (Wildman–Crippen LogP) is 5.77. The Kier molecular flexibility index (Phi) is 8.07. The van der Waals surface area contributed by atoms with Crippen LogP contribution in [-0.2, 0) is 29.5 Å². The molecule has 0 radical (unpaired) electrons. The van der Waals surface area contributed by atoms with Crippen LogP contribution in [0.3, 0.4) is 0 Å². The number of hydrogen-bond acceptors (Lipinski definition) is 7. The lowest BCUT2D eigenvalue weighted by Gasteiger charge is -2.27. The lowest BCUT2D eigenvalue weighted by molar-refractivity contribution is -0.126. The van der Waals surface area contributed by atoms with Gasteiger partial charge in [-0.2, -0.15) is 0 Å². The van der Waals surface area contributed by atoms with E-state index < -0.39 is 11.6 Å². The number of fused-ring (bicyclic) bond motifs is 2. The molecule has 0 bridgehead atoms. The maximum absolute atomic E-state index is 15.9. The van der Waals surface area contributed by atoms with Gasteiger partial charge in [0.25, 0.3) is 0 Å². The summed E-state index contributed by atoms with van der Waals surface area (Å²) >= 11 is 1.39. The van der Waals surface area contributed by atoms with Crippen molar-refractivity contribution in [2.45, 2.75) is 13.0 Å². The SMILES string of the molecule is C=CC(=O)N1CCc2ncc(-c3nc(-c4ccc(=O)n(C)c4)c4ccsc4c3-c3c(F)cc(F)cc3OCCOC)cc2C1. The Labute approximate surface area is 255 Å². The summed E-state index contributed by atoms with van der Waals surface area (Å²) in [6.07, 6.45) is 5.25. The largest absolute Gasteiger partial charge is 0.490 e. The number of ether oxygens (including phenoxy) is 2. The van der Waals surface area contributed by atoms with Crippen LogP contribution in [0, 0.1) is 11.6 Å². The standard InChI is InChI=1S/C33H28F2N4O4S/c1-4-27(40)39-9-7-25-21(18-39)13-20(16-36-25)32-30(29-24(35)14-22(34)15-26(29)43-11-10-42-3)33-23(8-12-44-33)31(37-32)19-5-6-28(41)38(2)17-19/h4-6,8,12-17H,1,7,9-11,18H2,2-3H3. The Bertz CT molecular complexity index is 1990. The third kappa shape index (κ3) is 5.40. The van der Waals surface area contributed by atoms with Crippen LogP contribution >= 0.6 is 11.3 Å². The highest BCUT2D eigenvalue weighted by atomic mass is 32.1. The summed E-state index contributed by atoms with van der Waals surface area (Å²) in [4.78, 5) is 36.1. The molecule has 5 aromatic rings. The van der Waals surface area contributed by atoms with Gasteiger partial charge in [-0.05, 0) is 35.2 Å². The first-order chi connectivity index (χ1) is 21.3. The second kappa shape index (κ2) is 12.1. The number of rotatable bonds is 8. The molecule has 0 unspecified atom stereocenters. The van der Waals surface area contributed by atoms with E-state index in [1.165, 1.54) is 35.2 Å². The highest BCUT2D eigenvalue weighted by Crippen LogP contribution is 2.47. The number of methoxy groups -OCH3 is 1. The van der Waals surface area contributed by atoms with Crippen molar-refractivity contribution < 1.29 is 23.0 Å². The molecule has 0 aliphatic carbocycles. The van der Waals surface area contributed by atoms with Crippen LogP contribution in [-0.4, -0.2) is 52.2 Å². The van der Waals surface area contributed by atoms with Crippen LogP contribution in [0.4, 0.5) is 8.78 Å². The highest BCUT2D eigenvalue weighted by Gasteiger charge is 2.27. The van der Waals surface area contributed by atoms with Gasteiger partial charge in [-0.3, -0.25) is 14.6 Å². The van der Waals surface area contributed by atoms with Gasteiger partial charge < -0.3 is 18.9 Å². The van der Waals surface area contributed by atoms with Crippen molar-refractivity contribution in [3.8, 4) is 39.4 Å². The zero-order valence-corrected chi connectivity index (χ0v) is 24.9. The Morgan fingerprint density at radius 1 is 1.11 bits per heavy atom. The van der Waals surface area contributed by atoms with E-state index in [9.17, 15) is 14.0 Å². The molecule has 0 atom stereocenters. The number of benzene rings is 1. The number of carbonyl (C=O) groups excluding carboxylic acids is 1. The van der Waals surface area contributed by atoms with Gasteiger partial charge in [0, 0.05) is 96.7 Å². The minimum Gasteiger partial charge on any atom is -0.490 e. The summed E-state index contributed by atoms with van der Waals surface area (Å²) in [5.74, 6) is -1.75. The second-order valence-corrected chi connectivity index (χ2v) is 11.3. The fraction of sp³-hybridized carbons (Fsp3) is 0.212. The molecule has 44 heavy (non-hydrogen) atoms. The van der Waals surface area contributed by atoms with Gasteiger partial charge in [0.1, 0.15) is 24.0 Å². The number of aryl methyl sites for hydroxylation is 1. The number of halogens is 2. The summed E-state index contributed by atoms with van der Waals surface area (Å²) in [6.45, 7) is 4.76. The van der Waals surface area contributed by atoms with E-state index in [-0.39, 0.29) is 36.0 Å². The van der Waals surface area contributed by atoms with E-state index in [0.29, 0.717) is 52.3 Å². The Morgan fingerprint density at radius 2 is 1.95 bits per heavy atom. The van der Waals surface area contributed by atoms with Crippen molar-refractivity contribution in [3.63, 3.8) is 0 Å². The molecule has 5 heterocycles. The van der Waals surface area contributed by atoms with Crippen LogP contribution in [0.5, 0.6) is 5.75 Å². The van der Waals surface area contributed by atoms with Crippen LogP contribution in [0.25, 0.3) is 43.7 Å². The molecule has 224 valence electrons. The van der Waals surface area contributed by atoms with Crippen molar-refractivity contribution in [2.75, 3.05) is 26.9 Å². The number of thiophene rings is 1. The summed E-state index contributed by atoms with van der Waals surface area (Å²) in [6, 6.07) is 8.95. The number of nitrogens with zero attached hydrogens (tertiary/aromatic N) is 4. The van der Waals surface area contributed by atoms with Gasteiger partial charge in [-0.15, -0.1) is 11.3 Å². The van der Waals surface area contributed by atoms with Gasteiger partial charge in [-0.1, -0.05) is 6.58 Å². The van der Waals surface area contributed by atoms with Crippen LogP contribution in [0.1, 0.15) is 11.3 Å². The van der Waals surface area contributed by atoms with Gasteiger partial charge in [0.2, 0.25) is 11.5 Å². The van der Waals surface area contributed by atoms with Crippen LogP contribution in [0.2, 0.25) is 0 Å². The van der Waals surface area contributed by atoms with E-state index in [0.717, 1.165) is 28.8 Å². The van der Waals surface area contributed by atoms with Gasteiger partial charge >= 0.3 is 0 Å². The first kappa shape index (κ1) is 29.3. The Hall–Kier alpha value is -4.74. The fourth-order valence-corrected chi connectivity index (χ4v) is 6.38. The smallest absolute Gasteiger partial charge is 0.250 e. The molecule has 11 heteroatoms. The topological polar surface area (TPSA) is 86.6 Å². The molecule has 1 aliphatic heterocycles. The van der Waals surface area contributed by atoms with E-state index >= 15 is 4.39 Å². The molecular weight excluding hydrogens is 586 g/mol. The molecule has 0 fully saturated rings. The normalized spacial score (nSPS) is 12.8. The van der Waals surface area contributed by atoms with Gasteiger partial charge in [-0.25, -0.2) is 13.8 Å². The zero-order valence-electron chi connectivity index (χ0n) is 24.1. The third-order valence-corrected chi connectivity index (χ3v) is 8.51. The predicted molar refractivity (Wildman–Crippen MR) is 166 cm³/mol. The van der Waals surface area contributed by atoms with Gasteiger partial charge in [0.15, 0.2) is 0 Å². The quantitative estimate of drug-likeness (QED) is 0.163. The summed E-state index contributed by atoms with van der Waals surface area (Å²) in [5.41, 5.74) is 4.26. The average molecular weight is 615 g/mol. The number of amides is 1. The lowest BCUT2D eigenvalue weighted by atomic mass is 9.94. The van der Waals surface area contributed by atoms with Crippen molar-refractivity contribution in [3.05, 3.63) is 100 Å². The molecular formula is C33H28F2N4O4S.